The molecule has 0 unspecified atom stereocenters. The maximum absolute atomic E-state index is 9.51. The fourth-order valence-corrected chi connectivity index (χ4v) is 3.01. The molecule has 0 aliphatic heterocycles. The van der Waals surface area contributed by atoms with E-state index >= 15 is 0 Å². The minimum absolute atomic E-state index is 0.00824. The van der Waals surface area contributed by atoms with E-state index in [2.05, 4.69) is 32.0 Å². The van der Waals surface area contributed by atoms with Crippen molar-refractivity contribution in [3.05, 3.63) is 47.5 Å². The highest BCUT2D eigenvalue weighted by molar-refractivity contribution is 5.87. The van der Waals surface area contributed by atoms with Gasteiger partial charge in [-0.1, -0.05) is 38.1 Å². The van der Waals surface area contributed by atoms with Gasteiger partial charge < -0.3 is 14.4 Å². The molecule has 0 radical (unpaired) electrons. The number of nitrogens with zero attached hydrogens (tertiary/aromatic N) is 3. The van der Waals surface area contributed by atoms with Crippen LogP contribution in [0.15, 0.2) is 36.4 Å². The highest BCUT2D eigenvalue weighted by atomic mass is 16.5. The number of rotatable bonds is 5. The Morgan fingerprint density at radius 3 is 2.52 bits per heavy atom. The lowest BCUT2D eigenvalue weighted by Gasteiger charge is -2.11. The molecular weight excluding hydrogens is 314 g/mol. The van der Waals surface area contributed by atoms with Crippen LogP contribution < -0.4 is 4.74 Å². The third-order valence-corrected chi connectivity index (χ3v) is 4.31. The Hall–Kier alpha value is -2.84. The third-order valence-electron chi connectivity index (χ3n) is 4.31. The number of nitriles is 1. The van der Waals surface area contributed by atoms with Crippen LogP contribution in [0.4, 0.5) is 0 Å². The van der Waals surface area contributed by atoms with Crippen LogP contribution in [-0.4, -0.2) is 28.4 Å². The number of aliphatic hydroxyl groups excluding tert-OH is 1. The molecule has 0 aliphatic rings. The summed E-state index contributed by atoms with van der Waals surface area (Å²) in [7, 11) is 1.57. The predicted octanol–water partition coefficient (Wildman–Crippen LogP) is 3.70. The number of ether oxygens (including phenoxy) is 1. The molecule has 2 aromatic carbocycles. The van der Waals surface area contributed by atoms with E-state index < -0.39 is 0 Å². The van der Waals surface area contributed by atoms with E-state index in [0.717, 1.165) is 16.9 Å². The second-order valence-electron chi connectivity index (χ2n) is 6.25. The Bertz CT molecular complexity index is 934. The van der Waals surface area contributed by atoms with Gasteiger partial charge in [0.25, 0.3) is 0 Å². The fraction of sp³-hybridized carbons (Fsp3) is 0.300. The van der Waals surface area contributed by atoms with Crippen molar-refractivity contribution in [2.45, 2.75) is 26.3 Å². The molecule has 3 rings (SSSR count). The first-order valence-corrected chi connectivity index (χ1v) is 8.28. The van der Waals surface area contributed by atoms with Gasteiger partial charge in [0.1, 0.15) is 17.1 Å². The summed E-state index contributed by atoms with van der Waals surface area (Å²) < 4.78 is 7.41. The van der Waals surface area contributed by atoms with Gasteiger partial charge in [0, 0.05) is 18.2 Å². The zero-order chi connectivity index (χ0) is 18.0. The largest absolute Gasteiger partial charge is 0.494 e. The van der Waals surface area contributed by atoms with Gasteiger partial charge in [0.05, 0.1) is 30.9 Å². The molecule has 0 saturated carbocycles. The van der Waals surface area contributed by atoms with Gasteiger partial charge in [-0.2, -0.15) is 5.26 Å². The number of benzene rings is 2. The molecule has 5 nitrogen and oxygen atoms in total. The number of aromatic nitrogens is 2. The highest BCUT2D eigenvalue weighted by Gasteiger charge is 2.17. The molecule has 3 aromatic rings. The maximum Gasteiger partial charge on any atom is 0.146 e. The number of hydrogen-bond donors (Lipinski definition) is 1. The van der Waals surface area contributed by atoms with Gasteiger partial charge in [-0.3, -0.25) is 0 Å². The van der Waals surface area contributed by atoms with Crippen LogP contribution in [0.5, 0.6) is 5.75 Å². The molecule has 0 bridgehead atoms. The second-order valence-corrected chi connectivity index (χ2v) is 6.25. The normalized spacial score (nSPS) is 11.0. The Morgan fingerprint density at radius 2 is 1.96 bits per heavy atom. The topological polar surface area (TPSA) is 71.1 Å². The van der Waals surface area contributed by atoms with Gasteiger partial charge >= 0.3 is 0 Å². The van der Waals surface area contributed by atoms with Gasteiger partial charge in [0.2, 0.25) is 0 Å². The maximum atomic E-state index is 9.51. The van der Waals surface area contributed by atoms with Crippen LogP contribution in [0.3, 0.4) is 0 Å². The Labute approximate surface area is 147 Å². The van der Waals surface area contributed by atoms with Gasteiger partial charge in [-0.15, -0.1) is 0 Å². The van der Waals surface area contributed by atoms with Crippen molar-refractivity contribution in [2.75, 3.05) is 13.7 Å². The molecule has 0 spiro atoms. The summed E-state index contributed by atoms with van der Waals surface area (Å²) >= 11 is 0. The van der Waals surface area contributed by atoms with E-state index in [-0.39, 0.29) is 6.61 Å². The number of fused-ring (bicyclic) bond motifs is 1. The van der Waals surface area contributed by atoms with Gasteiger partial charge in [0.15, 0.2) is 0 Å². The van der Waals surface area contributed by atoms with Crippen LogP contribution in [0.1, 0.15) is 30.9 Å². The lowest BCUT2D eigenvalue weighted by molar-refractivity contribution is 0.278. The molecule has 5 heteroatoms. The van der Waals surface area contributed by atoms with E-state index in [0.29, 0.717) is 29.3 Å². The third kappa shape index (κ3) is 3.09. The number of imidazole rings is 1. The van der Waals surface area contributed by atoms with Crippen molar-refractivity contribution >= 4 is 11.0 Å². The van der Waals surface area contributed by atoms with Crippen LogP contribution in [-0.2, 0) is 6.54 Å². The molecule has 25 heavy (non-hydrogen) atoms. The van der Waals surface area contributed by atoms with E-state index in [1.165, 1.54) is 5.56 Å². The fourth-order valence-electron chi connectivity index (χ4n) is 3.01. The molecule has 1 N–H and O–H groups in total. The zero-order valence-electron chi connectivity index (χ0n) is 14.7. The molecule has 1 aromatic heterocycles. The summed E-state index contributed by atoms with van der Waals surface area (Å²) in [4.78, 5) is 4.71. The molecule has 0 aliphatic carbocycles. The minimum atomic E-state index is -0.00824. The lowest BCUT2D eigenvalue weighted by atomic mass is 10.0. The van der Waals surface area contributed by atoms with Crippen LogP contribution >= 0.6 is 0 Å². The lowest BCUT2D eigenvalue weighted by Crippen LogP contribution is -2.05. The van der Waals surface area contributed by atoms with E-state index in [1.54, 1.807) is 19.2 Å². The minimum Gasteiger partial charge on any atom is -0.494 e. The van der Waals surface area contributed by atoms with Crippen LogP contribution in [0, 0.1) is 11.3 Å². The molecule has 0 atom stereocenters. The van der Waals surface area contributed by atoms with Crippen molar-refractivity contribution in [3.63, 3.8) is 0 Å². The average Bonchev–Trinajstić information content (AvgIpc) is 2.99. The van der Waals surface area contributed by atoms with E-state index in [4.69, 9.17) is 9.72 Å². The number of methoxy groups -OCH3 is 1. The van der Waals surface area contributed by atoms with Crippen molar-refractivity contribution in [3.8, 4) is 23.2 Å². The molecule has 1 heterocycles. The van der Waals surface area contributed by atoms with E-state index in [1.807, 2.05) is 16.7 Å². The standard InChI is InChI=1S/C20H21N3O2/c1-13(2)15-4-6-16(7-5-15)20-22-17-10-14(12-21)11-18(25-3)19(17)23(20)8-9-24/h4-7,10-11,13,24H,8-9H2,1-3H3. The first kappa shape index (κ1) is 17.0. The monoisotopic (exact) mass is 335 g/mol. The van der Waals surface area contributed by atoms with Crippen LogP contribution in [0.25, 0.3) is 22.4 Å². The number of hydrogen-bond acceptors (Lipinski definition) is 4. The molecule has 0 fully saturated rings. The second kappa shape index (κ2) is 6.96. The van der Waals surface area contributed by atoms with Crippen molar-refractivity contribution < 1.29 is 9.84 Å². The van der Waals surface area contributed by atoms with Gasteiger partial charge in [-0.05, 0) is 17.5 Å². The summed E-state index contributed by atoms with van der Waals surface area (Å²) in [5.41, 5.74) is 4.21. The summed E-state index contributed by atoms with van der Waals surface area (Å²) in [6.45, 7) is 4.71. The molecular formula is C20H21N3O2. The molecule has 128 valence electrons. The molecule has 0 saturated heterocycles. The first-order chi connectivity index (χ1) is 12.1. The number of aliphatic hydroxyl groups is 1. The Balaban J connectivity index is 2.23. The smallest absolute Gasteiger partial charge is 0.146 e. The molecule has 0 amide bonds. The summed E-state index contributed by atoms with van der Waals surface area (Å²) in [5, 5.41) is 18.7. The average molecular weight is 335 g/mol. The van der Waals surface area contributed by atoms with E-state index in [9.17, 15) is 10.4 Å². The quantitative estimate of drug-likeness (QED) is 0.772. The zero-order valence-corrected chi connectivity index (χ0v) is 14.7. The van der Waals surface area contributed by atoms with Crippen molar-refractivity contribution in [1.82, 2.24) is 9.55 Å². The summed E-state index contributed by atoms with van der Waals surface area (Å²) in [6, 6.07) is 13.9. The Morgan fingerprint density at radius 1 is 1.24 bits per heavy atom. The summed E-state index contributed by atoms with van der Waals surface area (Å²) in [5.74, 6) is 1.80. The Kier molecular flexibility index (Phi) is 4.73. The highest BCUT2D eigenvalue weighted by Crippen LogP contribution is 2.32. The van der Waals surface area contributed by atoms with Crippen molar-refractivity contribution in [2.24, 2.45) is 0 Å². The first-order valence-electron chi connectivity index (χ1n) is 8.28. The van der Waals surface area contributed by atoms with Crippen molar-refractivity contribution in [1.29, 1.82) is 5.26 Å². The predicted molar refractivity (Wildman–Crippen MR) is 97.6 cm³/mol. The SMILES string of the molecule is COc1cc(C#N)cc2nc(-c3ccc(C(C)C)cc3)n(CCO)c12. The van der Waals surface area contributed by atoms with Crippen LogP contribution in [0.2, 0.25) is 0 Å². The van der Waals surface area contributed by atoms with Gasteiger partial charge in [-0.25, -0.2) is 4.98 Å². The summed E-state index contributed by atoms with van der Waals surface area (Å²) in [6.07, 6.45) is 0.